The minimum atomic E-state index is -1.12. The fourth-order valence-corrected chi connectivity index (χ4v) is 4.58. The van der Waals surface area contributed by atoms with E-state index in [0.29, 0.717) is 42.5 Å². The van der Waals surface area contributed by atoms with Crippen molar-refractivity contribution in [3.05, 3.63) is 92.8 Å². The number of aliphatic hydroxyl groups is 2. The van der Waals surface area contributed by atoms with Crippen LogP contribution in [-0.2, 0) is 11.3 Å². The highest BCUT2D eigenvalue weighted by Gasteiger charge is 2.24. The highest BCUT2D eigenvalue weighted by Crippen LogP contribution is 2.27. The summed E-state index contributed by atoms with van der Waals surface area (Å²) in [5.74, 6) is 2.01. The Bertz CT molecular complexity index is 1340. The topological polar surface area (TPSA) is 94.8 Å². The van der Waals surface area contributed by atoms with Gasteiger partial charge in [0.15, 0.2) is 6.29 Å². The predicted octanol–water partition coefficient (Wildman–Crippen LogP) is 5.02. The summed E-state index contributed by atoms with van der Waals surface area (Å²) in [6.07, 6.45) is 7.78. The van der Waals surface area contributed by atoms with Crippen LogP contribution in [0, 0.1) is 11.3 Å². The van der Waals surface area contributed by atoms with Crippen LogP contribution in [-0.4, -0.2) is 29.3 Å². The van der Waals surface area contributed by atoms with Gasteiger partial charge in [0.2, 0.25) is 0 Å². The number of benzene rings is 2. The van der Waals surface area contributed by atoms with Crippen LogP contribution in [0.4, 0.5) is 0 Å². The van der Waals surface area contributed by atoms with Crippen molar-refractivity contribution in [2.45, 2.75) is 46.4 Å². The lowest BCUT2D eigenvalue weighted by atomic mass is 9.91. The van der Waals surface area contributed by atoms with Crippen LogP contribution in [0.3, 0.4) is 0 Å². The normalized spacial score (nSPS) is 15.3. The molecule has 1 aliphatic heterocycles. The minimum Gasteiger partial charge on any atom is -0.461 e. The summed E-state index contributed by atoms with van der Waals surface area (Å²) >= 11 is 3.30. The van der Waals surface area contributed by atoms with Gasteiger partial charge in [0, 0.05) is 41.5 Å². The van der Waals surface area contributed by atoms with Gasteiger partial charge in [0.05, 0.1) is 6.61 Å². The molecule has 7 heteroatoms. The van der Waals surface area contributed by atoms with Crippen molar-refractivity contribution >= 4 is 39.2 Å². The first-order chi connectivity index (χ1) is 18.3. The van der Waals surface area contributed by atoms with Crippen LogP contribution in [0.5, 0.6) is 5.75 Å². The predicted molar refractivity (Wildman–Crippen MR) is 158 cm³/mol. The van der Waals surface area contributed by atoms with Crippen molar-refractivity contribution in [2.24, 2.45) is 5.92 Å². The van der Waals surface area contributed by atoms with Crippen molar-refractivity contribution in [1.29, 1.82) is 5.41 Å². The number of allylic oxidation sites excluding steroid dienone is 4. The first kappa shape index (κ1) is 29.6. The van der Waals surface area contributed by atoms with Gasteiger partial charge in [-0.05, 0) is 58.8 Å². The van der Waals surface area contributed by atoms with E-state index in [0.717, 1.165) is 38.5 Å². The lowest BCUT2D eigenvalue weighted by Gasteiger charge is -2.18. The quantitative estimate of drug-likeness (QED) is 0.161. The molecule has 0 amide bonds. The van der Waals surface area contributed by atoms with Crippen LogP contribution in [0.2, 0.25) is 0 Å². The maximum Gasteiger partial charge on any atom is 0.181 e. The number of aliphatic hydroxyl groups excluding tert-OH is 2. The molecule has 0 saturated heterocycles. The van der Waals surface area contributed by atoms with Gasteiger partial charge in [0.25, 0.3) is 0 Å². The van der Waals surface area contributed by atoms with Gasteiger partial charge >= 0.3 is 0 Å². The molecule has 1 atom stereocenters. The van der Waals surface area contributed by atoms with Crippen molar-refractivity contribution in [2.75, 3.05) is 13.2 Å². The summed E-state index contributed by atoms with van der Waals surface area (Å²) in [5, 5.41) is 33.2. The highest BCUT2D eigenvalue weighted by atomic mass is 79.9. The minimum absolute atomic E-state index is 0.00312. The van der Waals surface area contributed by atoms with E-state index in [1.165, 1.54) is 0 Å². The molecule has 0 bridgehead atoms. The molecule has 2 aromatic rings. The summed E-state index contributed by atoms with van der Waals surface area (Å²) in [7, 11) is 0. The first-order valence-corrected chi connectivity index (χ1v) is 13.7. The number of ether oxygens (including phenoxy) is 2. The van der Waals surface area contributed by atoms with Gasteiger partial charge in [0.1, 0.15) is 17.3 Å². The van der Waals surface area contributed by atoms with E-state index < -0.39 is 6.29 Å². The van der Waals surface area contributed by atoms with E-state index >= 15 is 0 Å². The van der Waals surface area contributed by atoms with Crippen LogP contribution in [0.15, 0.2) is 60.1 Å². The van der Waals surface area contributed by atoms with E-state index in [9.17, 15) is 5.11 Å². The van der Waals surface area contributed by atoms with E-state index in [4.69, 9.17) is 20.0 Å². The molecular weight excluding hydrogens is 544 g/mol. The van der Waals surface area contributed by atoms with Gasteiger partial charge in [-0.1, -0.05) is 72.8 Å². The fraction of sp³-hybridized carbons (Fsp3) is 0.323. The van der Waals surface area contributed by atoms with Crippen molar-refractivity contribution in [1.82, 2.24) is 5.32 Å². The largest absolute Gasteiger partial charge is 0.461 e. The third-order valence-corrected chi connectivity index (χ3v) is 6.40. The Morgan fingerprint density at radius 2 is 2.05 bits per heavy atom. The molecule has 202 valence electrons. The van der Waals surface area contributed by atoms with Gasteiger partial charge < -0.3 is 25.0 Å². The number of fused-ring (bicyclic) bond motifs is 1. The molecule has 0 saturated carbocycles. The van der Waals surface area contributed by atoms with Crippen LogP contribution in [0.1, 0.15) is 62.2 Å². The number of amidine groups is 1. The summed E-state index contributed by atoms with van der Waals surface area (Å²) < 4.78 is 12.0. The monoisotopic (exact) mass is 580 g/mol. The average Bonchev–Trinajstić information content (AvgIpc) is 3.27. The van der Waals surface area contributed by atoms with Gasteiger partial charge in [-0.25, -0.2) is 0 Å². The maximum absolute atomic E-state index is 10.5. The molecule has 1 unspecified atom stereocenters. The summed E-state index contributed by atoms with van der Waals surface area (Å²) in [5.41, 5.74) is 4.13. The third kappa shape index (κ3) is 7.32. The number of hydrogen-bond donors (Lipinski definition) is 4. The highest BCUT2D eigenvalue weighted by molar-refractivity contribution is 9.11. The molecule has 4 N–H and O–H groups in total. The lowest BCUT2D eigenvalue weighted by Crippen LogP contribution is -2.35. The molecule has 2 aromatic carbocycles. The maximum atomic E-state index is 10.5. The number of rotatable bonds is 12. The van der Waals surface area contributed by atoms with Gasteiger partial charge in [-0.3, -0.25) is 5.41 Å². The Morgan fingerprint density at radius 1 is 1.26 bits per heavy atom. The zero-order chi connectivity index (χ0) is 27.7. The average molecular weight is 582 g/mol. The lowest BCUT2D eigenvalue weighted by molar-refractivity contribution is -0.105. The van der Waals surface area contributed by atoms with Crippen LogP contribution < -0.4 is 20.5 Å². The smallest absolute Gasteiger partial charge is 0.181 e. The molecule has 0 spiro atoms. The molecule has 0 aromatic heterocycles. The zero-order valence-electron chi connectivity index (χ0n) is 22.3. The Labute approximate surface area is 233 Å². The summed E-state index contributed by atoms with van der Waals surface area (Å²) in [6, 6.07) is 9.34. The van der Waals surface area contributed by atoms with Crippen molar-refractivity contribution in [3.63, 3.8) is 0 Å². The molecule has 38 heavy (non-hydrogen) atoms. The molecule has 3 rings (SSSR count). The van der Waals surface area contributed by atoms with Gasteiger partial charge in [-0.2, -0.15) is 0 Å². The van der Waals surface area contributed by atoms with E-state index in [1.807, 2.05) is 37.3 Å². The molecule has 1 heterocycles. The second-order valence-corrected chi connectivity index (χ2v) is 9.99. The Balaban J connectivity index is 2.23. The van der Waals surface area contributed by atoms with E-state index in [-0.39, 0.29) is 13.2 Å². The number of hydrogen-bond acceptors (Lipinski definition) is 5. The molecule has 6 nitrogen and oxygen atoms in total. The number of halogens is 1. The van der Waals surface area contributed by atoms with Gasteiger partial charge in [-0.15, -0.1) is 0 Å². The molecule has 1 aliphatic rings. The summed E-state index contributed by atoms with van der Waals surface area (Å²) in [6.45, 7) is 11.5. The summed E-state index contributed by atoms with van der Waals surface area (Å²) in [4.78, 5) is 1.77. The van der Waals surface area contributed by atoms with Crippen LogP contribution >= 0.6 is 15.9 Å². The zero-order valence-corrected chi connectivity index (χ0v) is 23.8. The second kappa shape index (κ2) is 14.3. The SMILES string of the molecule is C=C(/C=C\C=C\Br)c1c2c(cc(=C/C)/c1=C(\CC(C)C)Oc1cccc(C(O)OCCCO)c1)CNC2=N. The van der Waals surface area contributed by atoms with E-state index in [1.54, 1.807) is 17.1 Å². The molecular formula is C31H37BrN2O4. The molecule has 0 fully saturated rings. The molecule has 0 aliphatic carbocycles. The Hall–Kier alpha value is -2.97. The van der Waals surface area contributed by atoms with Crippen molar-refractivity contribution < 1.29 is 19.7 Å². The van der Waals surface area contributed by atoms with Crippen molar-refractivity contribution in [3.8, 4) is 5.75 Å². The van der Waals surface area contributed by atoms with E-state index in [2.05, 4.69) is 53.8 Å². The number of nitrogens with one attached hydrogen (secondary N) is 2. The fourth-order valence-electron chi connectivity index (χ4n) is 4.40. The third-order valence-electron chi connectivity index (χ3n) is 6.09. The second-order valence-electron chi connectivity index (χ2n) is 9.47. The Kier molecular flexibility index (Phi) is 11.1. The van der Waals surface area contributed by atoms with Crippen LogP contribution in [0.25, 0.3) is 17.4 Å². The first-order valence-electron chi connectivity index (χ1n) is 12.8. The Morgan fingerprint density at radius 3 is 2.74 bits per heavy atom. The molecule has 0 radical (unpaired) electrons. The standard InChI is InChI=1S/C31H37BrN2O4/c1-5-22-17-24-19-34-30(33)29(24)27(21(4)10-6-7-13-32)28(22)26(16-20(2)3)38-25-12-8-11-23(18-25)31(36)37-15-9-14-35/h5-8,10-13,17-18,20,31,35-36H,4,9,14-16,19H2,1-3H3,(H2,33,34)/b10-6-,13-7+,22-5-,28-26-.